The van der Waals surface area contributed by atoms with Crippen LogP contribution in [0.4, 0.5) is 24.8 Å². The van der Waals surface area contributed by atoms with Gasteiger partial charge in [-0.2, -0.15) is 23.2 Å². The minimum absolute atomic E-state index is 0.0278. The Morgan fingerprint density at radius 1 is 1.18 bits per heavy atom. The highest BCUT2D eigenvalue weighted by molar-refractivity contribution is 5.85. The molecule has 0 bridgehead atoms. The quantitative estimate of drug-likeness (QED) is 0.537. The van der Waals surface area contributed by atoms with Gasteiger partial charge in [0.25, 0.3) is 0 Å². The Kier molecular flexibility index (Phi) is 4.95. The van der Waals surface area contributed by atoms with Crippen molar-refractivity contribution in [3.63, 3.8) is 0 Å². The monoisotopic (exact) mass is 459 g/mol. The number of hydrogen-bond acceptors (Lipinski definition) is 6. The number of halogens is 3. The molecule has 7 nitrogen and oxygen atoms in total. The second-order valence-corrected chi connectivity index (χ2v) is 8.84. The standard InChI is InChI=1S/C23H24F3N5O2/c24-23(25,26)16-11-27-21-18(16)19(13-3-4-13)29-22(30-21)28-17-6-5-14(15-7-10-32-20(15)17)12-33-31-8-1-2-9-31/h5-6,11,13H,1-4,7-10,12H2,(H2,27,28,29,30). The summed E-state index contributed by atoms with van der Waals surface area (Å²) in [6.07, 6.45) is 1.27. The lowest BCUT2D eigenvalue weighted by atomic mass is 10.0. The van der Waals surface area contributed by atoms with Crippen LogP contribution in [0.3, 0.4) is 0 Å². The third kappa shape index (κ3) is 3.91. The highest BCUT2D eigenvalue weighted by Gasteiger charge is 2.38. The molecule has 1 aromatic carbocycles. The summed E-state index contributed by atoms with van der Waals surface area (Å²) in [5.41, 5.74) is 2.80. The molecule has 1 saturated heterocycles. The van der Waals surface area contributed by atoms with Crippen molar-refractivity contribution in [1.29, 1.82) is 0 Å². The third-order valence-electron chi connectivity index (χ3n) is 6.50. The molecule has 2 aliphatic heterocycles. The van der Waals surface area contributed by atoms with E-state index in [0.717, 1.165) is 68.3 Å². The zero-order valence-corrected chi connectivity index (χ0v) is 18.0. The van der Waals surface area contributed by atoms with Gasteiger partial charge in [-0.25, -0.2) is 4.98 Å². The van der Waals surface area contributed by atoms with Gasteiger partial charge in [-0.1, -0.05) is 6.07 Å². The molecule has 0 radical (unpaired) electrons. The lowest BCUT2D eigenvalue weighted by Gasteiger charge is -2.17. The Labute approximate surface area is 188 Å². The van der Waals surface area contributed by atoms with E-state index < -0.39 is 11.7 Å². The van der Waals surface area contributed by atoms with E-state index in [1.165, 1.54) is 0 Å². The molecule has 2 fully saturated rings. The van der Waals surface area contributed by atoms with Crippen molar-refractivity contribution in [2.45, 2.75) is 50.8 Å². The molecule has 3 aromatic rings. The number of nitrogens with one attached hydrogen (secondary N) is 2. The molecule has 1 aliphatic carbocycles. The van der Waals surface area contributed by atoms with Gasteiger partial charge >= 0.3 is 6.18 Å². The molecule has 4 heterocycles. The molecule has 0 atom stereocenters. The van der Waals surface area contributed by atoms with E-state index in [1.54, 1.807) is 0 Å². The molecule has 6 rings (SSSR count). The van der Waals surface area contributed by atoms with Crippen LogP contribution in [0.25, 0.3) is 11.0 Å². The van der Waals surface area contributed by atoms with Gasteiger partial charge in [0.05, 0.1) is 35.5 Å². The Hall–Kier alpha value is -2.85. The maximum atomic E-state index is 13.5. The van der Waals surface area contributed by atoms with Gasteiger partial charge in [-0.3, -0.25) is 4.84 Å². The maximum Gasteiger partial charge on any atom is 0.418 e. The molecule has 174 valence electrons. The summed E-state index contributed by atoms with van der Waals surface area (Å²) in [6, 6.07) is 3.90. The van der Waals surface area contributed by atoms with Crippen molar-refractivity contribution in [3.8, 4) is 5.75 Å². The van der Waals surface area contributed by atoms with Crippen LogP contribution in [0.2, 0.25) is 0 Å². The van der Waals surface area contributed by atoms with Gasteiger partial charge in [0.1, 0.15) is 11.4 Å². The molecular weight excluding hydrogens is 435 g/mol. The van der Waals surface area contributed by atoms with Gasteiger partial charge in [0.2, 0.25) is 5.95 Å². The fourth-order valence-corrected chi connectivity index (χ4v) is 4.69. The van der Waals surface area contributed by atoms with Crippen molar-refractivity contribution >= 4 is 22.7 Å². The highest BCUT2D eigenvalue weighted by atomic mass is 19.4. The Bertz CT molecular complexity index is 1200. The average molecular weight is 459 g/mol. The fourth-order valence-electron chi connectivity index (χ4n) is 4.69. The summed E-state index contributed by atoms with van der Waals surface area (Å²) < 4.78 is 46.4. The van der Waals surface area contributed by atoms with Crippen LogP contribution in [0, 0.1) is 0 Å². The first kappa shape index (κ1) is 20.7. The molecular formula is C23H24F3N5O2. The summed E-state index contributed by atoms with van der Waals surface area (Å²) >= 11 is 0. The number of hydrogen-bond donors (Lipinski definition) is 2. The number of hydroxylamine groups is 2. The van der Waals surface area contributed by atoms with Gasteiger partial charge in [0.15, 0.2) is 0 Å². The molecule has 10 heteroatoms. The van der Waals surface area contributed by atoms with E-state index in [2.05, 4.69) is 20.3 Å². The first-order valence-corrected chi connectivity index (χ1v) is 11.4. The summed E-state index contributed by atoms with van der Waals surface area (Å²) in [5, 5.41) is 5.27. The first-order chi connectivity index (χ1) is 16.0. The zero-order chi connectivity index (χ0) is 22.6. The summed E-state index contributed by atoms with van der Waals surface area (Å²) in [7, 11) is 0. The van der Waals surface area contributed by atoms with Crippen molar-refractivity contribution in [2.75, 3.05) is 25.0 Å². The SMILES string of the molecule is FC(F)(F)c1c[nH]c2nc(Nc3ccc(CON4CCCC4)c4c3OCC4)nc(C3CC3)c12. The largest absolute Gasteiger partial charge is 0.491 e. The van der Waals surface area contributed by atoms with E-state index in [0.29, 0.717) is 24.6 Å². The number of alkyl halides is 3. The predicted molar refractivity (Wildman–Crippen MR) is 115 cm³/mol. The van der Waals surface area contributed by atoms with Crippen LogP contribution in [0.5, 0.6) is 5.75 Å². The number of anilines is 2. The topological polar surface area (TPSA) is 75.3 Å². The molecule has 33 heavy (non-hydrogen) atoms. The van der Waals surface area contributed by atoms with Gasteiger partial charge < -0.3 is 15.0 Å². The number of aromatic amines is 1. The van der Waals surface area contributed by atoms with Gasteiger partial charge in [0, 0.05) is 37.2 Å². The normalized spacial score (nSPS) is 18.6. The van der Waals surface area contributed by atoms with E-state index in [9.17, 15) is 13.2 Å². The Morgan fingerprint density at radius 3 is 2.76 bits per heavy atom. The number of ether oxygens (including phenoxy) is 1. The van der Waals surface area contributed by atoms with E-state index in [1.807, 2.05) is 17.2 Å². The van der Waals surface area contributed by atoms with Crippen LogP contribution >= 0.6 is 0 Å². The minimum Gasteiger partial charge on any atom is -0.491 e. The van der Waals surface area contributed by atoms with Crippen LogP contribution in [-0.2, 0) is 24.0 Å². The highest BCUT2D eigenvalue weighted by Crippen LogP contribution is 2.46. The average Bonchev–Trinajstić information content (AvgIpc) is 3.19. The number of H-pyrrole nitrogens is 1. The smallest absolute Gasteiger partial charge is 0.418 e. The van der Waals surface area contributed by atoms with Crippen LogP contribution < -0.4 is 10.1 Å². The molecule has 0 unspecified atom stereocenters. The zero-order valence-electron chi connectivity index (χ0n) is 18.0. The first-order valence-electron chi connectivity index (χ1n) is 11.4. The lowest BCUT2D eigenvalue weighted by molar-refractivity contribution is -0.153. The van der Waals surface area contributed by atoms with Gasteiger partial charge in [-0.05, 0) is 37.3 Å². The van der Waals surface area contributed by atoms with Crippen LogP contribution in [0.15, 0.2) is 18.3 Å². The second-order valence-electron chi connectivity index (χ2n) is 8.84. The molecule has 2 aromatic heterocycles. The minimum atomic E-state index is -4.46. The number of fused-ring (bicyclic) bond motifs is 2. The third-order valence-corrected chi connectivity index (χ3v) is 6.50. The predicted octanol–water partition coefficient (Wildman–Crippen LogP) is 5.06. The molecule has 0 spiro atoms. The van der Waals surface area contributed by atoms with E-state index in [4.69, 9.17) is 9.57 Å². The van der Waals surface area contributed by atoms with Crippen molar-refractivity contribution in [2.24, 2.45) is 0 Å². The Morgan fingerprint density at radius 2 is 2.00 bits per heavy atom. The lowest BCUT2D eigenvalue weighted by Crippen LogP contribution is -2.19. The van der Waals surface area contributed by atoms with Crippen molar-refractivity contribution < 1.29 is 22.7 Å². The summed E-state index contributed by atoms with van der Waals surface area (Å²) in [5.74, 6) is 1.02. The van der Waals surface area contributed by atoms with E-state index in [-0.39, 0.29) is 22.9 Å². The van der Waals surface area contributed by atoms with Crippen molar-refractivity contribution in [3.05, 3.63) is 40.7 Å². The molecule has 3 aliphatic rings. The molecule has 2 N–H and O–H groups in total. The van der Waals surface area contributed by atoms with Crippen LogP contribution in [-0.4, -0.2) is 39.7 Å². The summed E-state index contributed by atoms with van der Waals surface area (Å²) in [4.78, 5) is 17.5. The number of benzene rings is 1. The number of nitrogens with zero attached hydrogens (tertiary/aromatic N) is 3. The molecule has 1 saturated carbocycles. The van der Waals surface area contributed by atoms with E-state index >= 15 is 0 Å². The fraction of sp³-hybridized carbons (Fsp3) is 0.478. The Balaban J connectivity index is 1.31. The second kappa shape index (κ2) is 7.88. The maximum absolute atomic E-state index is 13.5. The number of aromatic nitrogens is 3. The van der Waals surface area contributed by atoms with Gasteiger partial charge in [-0.15, -0.1) is 0 Å². The van der Waals surface area contributed by atoms with Crippen molar-refractivity contribution in [1.82, 2.24) is 20.0 Å². The number of rotatable bonds is 6. The van der Waals surface area contributed by atoms with Crippen LogP contribution in [0.1, 0.15) is 54.0 Å². The molecule has 0 amide bonds. The summed E-state index contributed by atoms with van der Waals surface area (Å²) in [6.45, 7) is 2.97.